The van der Waals surface area contributed by atoms with E-state index in [1.165, 1.54) is 0 Å². The molecule has 0 atom stereocenters. The van der Waals surface area contributed by atoms with Crippen LogP contribution in [0.4, 0.5) is 11.4 Å². The molecule has 0 unspecified atom stereocenters. The number of para-hydroxylation sites is 1. The molecule has 0 spiro atoms. The van der Waals surface area contributed by atoms with E-state index in [1.54, 1.807) is 6.92 Å². The SMILES string of the molecule is CC(=O)N1CCN(c2ccc(NC(=O)CCOc3ccccc3)cc2)CC1. The number of nitrogens with zero attached hydrogens (tertiary/aromatic N) is 2. The zero-order valence-corrected chi connectivity index (χ0v) is 15.6. The Bertz CT molecular complexity index is 754. The molecule has 2 aromatic carbocycles. The average molecular weight is 367 g/mol. The molecule has 0 radical (unpaired) electrons. The molecule has 6 heteroatoms. The lowest BCUT2D eigenvalue weighted by Crippen LogP contribution is -2.48. The van der Waals surface area contributed by atoms with Gasteiger partial charge in [-0.1, -0.05) is 18.2 Å². The molecule has 3 rings (SSSR count). The Labute approximate surface area is 159 Å². The van der Waals surface area contributed by atoms with Crippen molar-refractivity contribution >= 4 is 23.2 Å². The summed E-state index contributed by atoms with van der Waals surface area (Å²) in [4.78, 5) is 27.6. The molecule has 0 aromatic heterocycles. The van der Waals surface area contributed by atoms with Crippen LogP contribution in [0.3, 0.4) is 0 Å². The summed E-state index contributed by atoms with van der Waals surface area (Å²) < 4.78 is 5.54. The van der Waals surface area contributed by atoms with Gasteiger partial charge in [0.15, 0.2) is 0 Å². The van der Waals surface area contributed by atoms with Crippen LogP contribution in [-0.4, -0.2) is 49.5 Å². The minimum absolute atomic E-state index is 0.0752. The van der Waals surface area contributed by atoms with Crippen molar-refractivity contribution in [1.82, 2.24) is 4.90 Å². The van der Waals surface area contributed by atoms with Crippen molar-refractivity contribution < 1.29 is 14.3 Å². The third-order valence-electron chi connectivity index (χ3n) is 4.58. The second-order valence-electron chi connectivity index (χ2n) is 6.50. The third kappa shape index (κ3) is 5.48. The second-order valence-corrected chi connectivity index (χ2v) is 6.50. The minimum atomic E-state index is -0.0752. The highest BCUT2D eigenvalue weighted by Gasteiger charge is 2.18. The number of hydrogen-bond donors (Lipinski definition) is 1. The summed E-state index contributed by atoms with van der Waals surface area (Å²) in [7, 11) is 0. The van der Waals surface area contributed by atoms with Gasteiger partial charge in [0.05, 0.1) is 13.0 Å². The van der Waals surface area contributed by atoms with Gasteiger partial charge in [-0.05, 0) is 36.4 Å². The van der Waals surface area contributed by atoms with Crippen LogP contribution in [0.5, 0.6) is 5.75 Å². The summed E-state index contributed by atoms with van der Waals surface area (Å²) in [5, 5.41) is 2.89. The van der Waals surface area contributed by atoms with E-state index < -0.39 is 0 Å². The molecule has 0 saturated carbocycles. The Morgan fingerprint density at radius 1 is 0.963 bits per heavy atom. The first-order valence-electron chi connectivity index (χ1n) is 9.20. The first kappa shape index (κ1) is 18.8. The lowest BCUT2D eigenvalue weighted by atomic mass is 10.2. The number of anilines is 2. The van der Waals surface area contributed by atoms with E-state index in [1.807, 2.05) is 59.5 Å². The number of ether oxygens (including phenoxy) is 1. The van der Waals surface area contributed by atoms with E-state index in [2.05, 4.69) is 10.2 Å². The zero-order chi connectivity index (χ0) is 19.1. The predicted molar refractivity (Wildman–Crippen MR) is 106 cm³/mol. The molecule has 1 aliphatic rings. The number of piperazine rings is 1. The van der Waals surface area contributed by atoms with E-state index in [-0.39, 0.29) is 11.8 Å². The van der Waals surface area contributed by atoms with Crippen molar-refractivity contribution in [2.75, 3.05) is 43.0 Å². The number of hydrogen-bond acceptors (Lipinski definition) is 4. The maximum absolute atomic E-state index is 12.1. The van der Waals surface area contributed by atoms with Crippen LogP contribution in [0.25, 0.3) is 0 Å². The van der Waals surface area contributed by atoms with Crippen LogP contribution in [0.1, 0.15) is 13.3 Å². The lowest BCUT2D eigenvalue weighted by Gasteiger charge is -2.35. The zero-order valence-electron chi connectivity index (χ0n) is 15.6. The normalized spacial score (nSPS) is 14.0. The lowest BCUT2D eigenvalue weighted by molar-refractivity contribution is -0.129. The van der Waals surface area contributed by atoms with Crippen molar-refractivity contribution in [3.8, 4) is 5.75 Å². The summed E-state index contributed by atoms with van der Waals surface area (Å²) in [6.45, 7) is 5.08. The van der Waals surface area contributed by atoms with Crippen molar-refractivity contribution in [2.45, 2.75) is 13.3 Å². The second kappa shape index (κ2) is 9.07. The molecule has 1 aliphatic heterocycles. The first-order chi connectivity index (χ1) is 13.1. The number of carbonyl (C=O) groups is 2. The molecule has 1 heterocycles. The maximum atomic E-state index is 12.1. The number of benzene rings is 2. The van der Waals surface area contributed by atoms with Gasteiger partial charge in [-0.3, -0.25) is 9.59 Å². The van der Waals surface area contributed by atoms with Crippen LogP contribution >= 0.6 is 0 Å². The highest BCUT2D eigenvalue weighted by atomic mass is 16.5. The highest BCUT2D eigenvalue weighted by Crippen LogP contribution is 2.20. The highest BCUT2D eigenvalue weighted by molar-refractivity contribution is 5.91. The molecule has 27 heavy (non-hydrogen) atoms. The van der Waals surface area contributed by atoms with Gasteiger partial charge in [0, 0.05) is 44.5 Å². The van der Waals surface area contributed by atoms with Gasteiger partial charge < -0.3 is 19.9 Å². The van der Waals surface area contributed by atoms with E-state index in [9.17, 15) is 9.59 Å². The molecule has 2 amide bonds. The monoisotopic (exact) mass is 367 g/mol. The van der Waals surface area contributed by atoms with Crippen molar-refractivity contribution in [2.24, 2.45) is 0 Å². The smallest absolute Gasteiger partial charge is 0.227 e. The Morgan fingerprint density at radius 2 is 1.63 bits per heavy atom. The molecule has 2 aromatic rings. The summed E-state index contributed by atoms with van der Waals surface area (Å²) in [6.07, 6.45) is 0.295. The van der Waals surface area contributed by atoms with Gasteiger partial charge >= 0.3 is 0 Å². The fraction of sp³-hybridized carbons (Fsp3) is 0.333. The maximum Gasteiger partial charge on any atom is 0.227 e. The Balaban J connectivity index is 1.43. The molecular weight excluding hydrogens is 342 g/mol. The van der Waals surface area contributed by atoms with Gasteiger partial charge in [-0.25, -0.2) is 0 Å². The molecule has 0 aliphatic carbocycles. The largest absolute Gasteiger partial charge is 0.493 e. The summed E-state index contributed by atoms with van der Waals surface area (Å²) >= 11 is 0. The average Bonchev–Trinajstić information content (AvgIpc) is 2.69. The van der Waals surface area contributed by atoms with Crippen LogP contribution in [0.15, 0.2) is 54.6 Å². The molecular formula is C21H25N3O3. The van der Waals surface area contributed by atoms with E-state index in [4.69, 9.17) is 4.74 Å². The fourth-order valence-corrected chi connectivity index (χ4v) is 3.04. The van der Waals surface area contributed by atoms with Gasteiger partial charge in [0.2, 0.25) is 11.8 Å². The summed E-state index contributed by atoms with van der Waals surface area (Å²) in [5.74, 6) is 0.817. The standard InChI is InChI=1S/C21H25N3O3/c1-17(25)23-12-14-24(15-13-23)19-9-7-18(8-10-19)22-21(26)11-16-27-20-5-3-2-4-6-20/h2-10H,11-16H2,1H3,(H,22,26). The predicted octanol–water partition coefficient (Wildman–Crippen LogP) is 2.76. The van der Waals surface area contributed by atoms with E-state index >= 15 is 0 Å². The van der Waals surface area contributed by atoms with Crippen LogP contribution in [0.2, 0.25) is 0 Å². The topological polar surface area (TPSA) is 61.9 Å². The number of amides is 2. The Morgan fingerprint density at radius 3 is 2.26 bits per heavy atom. The number of nitrogens with one attached hydrogen (secondary N) is 1. The number of carbonyl (C=O) groups excluding carboxylic acids is 2. The quantitative estimate of drug-likeness (QED) is 0.853. The Kier molecular flexibility index (Phi) is 6.30. The third-order valence-corrected chi connectivity index (χ3v) is 4.58. The van der Waals surface area contributed by atoms with Crippen LogP contribution in [-0.2, 0) is 9.59 Å². The molecule has 1 N–H and O–H groups in total. The van der Waals surface area contributed by atoms with Crippen molar-refractivity contribution in [1.29, 1.82) is 0 Å². The first-order valence-corrected chi connectivity index (χ1v) is 9.20. The summed E-state index contributed by atoms with van der Waals surface area (Å²) in [5.41, 5.74) is 1.87. The van der Waals surface area contributed by atoms with Gasteiger partial charge in [-0.2, -0.15) is 0 Å². The van der Waals surface area contributed by atoms with E-state index in [0.717, 1.165) is 43.3 Å². The summed E-state index contributed by atoms with van der Waals surface area (Å²) in [6, 6.07) is 17.3. The molecule has 1 saturated heterocycles. The number of rotatable bonds is 6. The Hall–Kier alpha value is -3.02. The molecule has 1 fully saturated rings. The van der Waals surface area contributed by atoms with Gasteiger partial charge in [0.1, 0.15) is 5.75 Å². The van der Waals surface area contributed by atoms with Gasteiger partial charge in [0.25, 0.3) is 0 Å². The fourth-order valence-electron chi connectivity index (χ4n) is 3.04. The van der Waals surface area contributed by atoms with Crippen LogP contribution in [0, 0.1) is 0 Å². The van der Waals surface area contributed by atoms with E-state index in [0.29, 0.717) is 13.0 Å². The van der Waals surface area contributed by atoms with Crippen LogP contribution < -0.4 is 15.0 Å². The van der Waals surface area contributed by atoms with Gasteiger partial charge in [-0.15, -0.1) is 0 Å². The molecule has 6 nitrogen and oxygen atoms in total. The van der Waals surface area contributed by atoms with Crippen molar-refractivity contribution in [3.05, 3.63) is 54.6 Å². The van der Waals surface area contributed by atoms with Crippen molar-refractivity contribution in [3.63, 3.8) is 0 Å². The molecule has 0 bridgehead atoms. The minimum Gasteiger partial charge on any atom is -0.493 e. The molecule has 142 valence electrons.